The van der Waals surface area contributed by atoms with Crippen LogP contribution in [0.5, 0.6) is 0 Å². The fourth-order valence-corrected chi connectivity index (χ4v) is 10.3. The van der Waals surface area contributed by atoms with E-state index in [1.54, 1.807) is 0 Å². The molecule has 9 atom stereocenters. The van der Waals surface area contributed by atoms with Gasteiger partial charge in [-0.3, -0.25) is 14.4 Å². The average molecular weight is 529 g/mol. The zero-order valence-corrected chi connectivity index (χ0v) is 24.9. The van der Waals surface area contributed by atoms with Crippen LogP contribution < -0.4 is 0 Å². The number of ketones is 2. The molecule has 0 aromatic rings. The van der Waals surface area contributed by atoms with Crippen molar-refractivity contribution < 1.29 is 29.0 Å². The fraction of sp³-hybridized carbons (Fsp3) is 0.844. The van der Waals surface area contributed by atoms with Crippen LogP contribution in [0.2, 0.25) is 0 Å². The molecule has 0 unspecified atom stereocenters. The molecule has 6 nitrogen and oxygen atoms in total. The highest BCUT2D eigenvalue weighted by atomic mass is 16.6. The van der Waals surface area contributed by atoms with Crippen LogP contribution in [0.25, 0.3) is 0 Å². The molecule has 0 aromatic carbocycles. The first kappa shape index (κ1) is 28.0. The predicted octanol–water partition coefficient (Wildman–Crippen LogP) is 5.59. The fourth-order valence-electron chi connectivity index (χ4n) is 10.3. The van der Waals surface area contributed by atoms with Crippen LogP contribution in [0.4, 0.5) is 0 Å². The van der Waals surface area contributed by atoms with Crippen molar-refractivity contribution >= 4 is 17.5 Å². The highest BCUT2D eigenvalue weighted by Gasteiger charge is 2.70. The molecule has 1 heterocycles. The Morgan fingerprint density at radius 3 is 2.32 bits per heavy atom. The molecule has 4 fully saturated rings. The summed E-state index contributed by atoms with van der Waals surface area (Å²) in [5.74, 6) is 0.350. The molecule has 5 rings (SSSR count). The van der Waals surface area contributed by atoms with Crippen LogP contribution in [0.3, 0.4) is 0 Å². The van der Waals surface area contributed by atoms with Gasteiger partial charge in [0, 0.05) is 30.6 Å². The summed E-state index contributed by atoms with van der Waals surface area (Å²) >= 11 is 0. The summed E-state index contributed by atoms with van der Waals surface area (Å²) in [6.07, 6.45) is 3.59. The van der Waals surface area contributed by atoms with Gasteiger partial charge in [-0.15, -0.1) is 0 Å². The molecule has 212 valence electrons. The van der Waals surface area contributed by atoms with Crippen molar-refractivity contribution in [3.63, 3.8) is 0 Å². The van der Waals surface area contributed by atoms with Gasteiger partial charge in [0.1, 0.15) is 18.0 Å². The van der Waals surface area contributed by atoms with Crippen molar-refractivity contribution in [2.75, 3.05) is 0 Å². The number of hydrogen-bond donors (Lipinski definition) is 1. The molecule has 0 spiro atoms. The lowest BCUT2D eigenvalue weighted by Crippen LogP contribution is -2.65. The molecule has 1 N–H and O–H groups in total. The lowest BCUT2D eigenvalue weighted by Gasteiger charge is -2.68. The molecule has 0 bridgehead atoms. The molecule has 5 aliphatic rings. The molecule has 1 saturated heterocycles. The lowest BCUT2D eigenvalue weighted by molar-refractivity contribution is -0.208. The maximum Gasteiger partial charge on any atom is 0.302 e. The molecular formula is C32H48O6. The summed E-state index contributed by atoms with van der Waals surface area (Å²) in [6.45, 7) is 18.6. The van der Waals surface area contributed by atoms with Gasteiger partial charge in [0.25, 0.3) is 0 Å². The van der Waals surface area contributed by atoms with Crippen LogP contribution in [-0.4, -0.2) is 46.6 Å². The van der Waals surface area contributed by atoms with Gasteiger partial charge in [0.05, 0.1) is 11.7 Å². The van der Waals surface area contributed by atoms with Gasteiger partial charge in [-0.05, 0) is 80.1 Å². The third-order valence-electron chi connectivity index (χ3n) is 12.3. The monoisotopic (exact) mass is 528 g/mol. The summed E-state index contributed by atoms with van der Waals surface area (Å²) in [6, 6.07) is 0. The average Bonchev–Trinajstić information content (AvgIpc) is 3.32. The number of carbonyl (C=O) groups excluding carboxylic acids is 3. The number of epoxide rings is 1. The summed E-state index contributed by atoms with van der Waals surface area (Å²) in [7, 11) is 0. The Morgan fingerprint density at radius 1 is 1.11 bits per heavy atom. The predicted molar refractivity (Wildman–Crippen MR) is 144 cm³/mol. The number of ether oxygens (including phenoxy) is 2. The zero-order valence-electron chi connectivity index (χ0n) is 24.9. The van der Waals surface area contributed by atoms with Gasteiger partial charge in [-0.25, -0.2) is 0 Å². The van der Waals surface area contributed by atoms with Crippen molar-refractivity contribution in [2.24, 2.45) is 39.4 Å². The normalized spacial score (nSPS) is 44.6. The number of carbonyl (C=O) groups is 3. The summed E-state index contributed by atoms with van der Waals surface area (Å²) in [5.41, 5.74) is 0.516. The van der Waals surface area contributed by atoms with Crippen LogP contribution in [0.1, 0.15) is 107 Å². The minimum atomic E-state index is -0.553. The highest BCUT2D eigenvalue weighted by Crippen LogP contribution is 2.73. The largest absolute Gasteiger partial charge is 0.460 e. The van der Waals surface area contributed by atoms with Gasteiger partial charge < -0.3 is 14.6 Å². The second kappa shape index (κ2) is 8.49. The molecule has 4 aliphatic carbocycles. The molecule has 38 heavy (non-hydrogen) atoms. The number of esters is 1. The Balaban J connectivity index is 1.50. The first-order valence-electron chi connectivity index (χ1n) is 14.7. The molecule has 6 heteroatoms. The van der Waals surface area contributed by atoms with E-state index in [0.717, 1.165) is 30.4 Å². The van der Waals surface area contributed by atoms with Crippen LogP contribution in [0, 0.1) is 39.4 Å². The molecule has 0 radical (unpaired) electrons. The highest BCUT2D eigenvalue weighted by molar-refractivity contribution is 6.00. The van der Waals surface area contributed by atoms with E-state index in [4.69, 9.17) is 9.47 Å². The van der Waals surface area contributed by atoms with Crippen molar-refractivity contribution in [3.05, 3.63) is 11.1 Å². The zero-order chi connectivity index (χ0) is 28.2. The Morgan fingerprint density at radius 2 is 1.74 bits per heavy atom. The van der Waals surface area contributed by atoms with E-state index in [-0.39, 0.29) is 62.9 Å². The standard InChI is InChI=1S/C32H48O6/c1-17(14-22(37-18(2)33)27-29(5,6)38-27)25-19-15-20(34)26-30(7)12-11-24(36)28(3,4)23(30)10-13-31(26,8)32(19,9)16-21(25)35/h17,20,22-23,26-27,34H,10-16H2,1-9H3/t17-,20+,22+,23-,26+,27-,30+,31+,32+/m1/s1. The third-order valence-corrected chi connectivity index (χ3v) is 12.3. The topological polar surface area (TPSA) is 93.2 Å². The number of aliphatic hydroxyl groups excluding tert-OH is 1. The van der Waals surface area contributed by atoms with Gasteiger partial charge >= 0.3 is 5.97 Å². The summed E-state index contributed by atoms with van der Waals surface area (Å²) < 4.78 is 11.5. The van der Waals surface area contributed by atoms with E-state index < -0.39 is 12.2 Å². The Bertz CT molecular complexity index is 1100. The van der Waals surface area contributed by atoms with Gasteiger partial charge in [0.2, 0.25) is 0 Å². The molecular weight excluding hydrogens is 480 g/mol. The second-order valence-electron chi connectivity index (χ2n) is 15.2. The van der Waals surface area contributed by atoms with Crippen molar-refractivity contribution in [1.82, 2.24) is 0 Å². The Hall–Kier alpha value is -1.53. The molecule has 0 amide bonds. The maximum absolute atomic E-state index is 13.8. The lowest BCUT2D eigenvalue weighted by atomic mass is 9.36. The van der Waals surface area contributed by atoms with Gasteiger partial charge in [-0.1, -0.05) is 47.1 Å². The van der Waals surface area contributed by atoms with Crippen LogP contribution >= 0.6 is 0 Å². The molecule has 3 saturated carbocycles. The van der Waals surface area contributed by atoms with E-state index in [9.17, 15) is 19.5 Å². The smallest absolute Gasteiger partial charge is 0.302 e. The molecule has 1 aliphatic heterocycles. The van der Waals surface area contributed by atoms with Gasteiger partial charge in [0.15, 0.2) is 5.78 Å². The van der Waals surface area contributed by atoms with Crippen molar-refractivity contribution in [3.8, 4) is 0 Å². The van der Waals surface area contributed by atoms with Crippen LogP contribution in [0.15, 0.2) is 11.1 Å². The Kier molecular flexibility index (Phi) is 6.26. The van der Waals surface area contributed by atoms with E-state index in [0.29, 0.717) is 31.5 Å². The number of rotatable bonds is 5. The first-order valence-corrected chi connectivity index (χ1v) is 14.7. The summed E-state index contributed by atoms with van der Waals surface area (Å²) in [5, 5.41) is 11.9. The van der Waals surface area contributed by atoms with E-state index >= 15 is 0 Å². The van der Waals surface area contributed by atoms with E-state index in [2.05, 4.69) is 41.5 Å². The number of aliphatic hydroxyl groups is 1. The third kappa shape index (κ3) is 3.75. The second-order valence-corrected chi connectivity index (χ2v) is 15.2. The summed E-state index contributed by atoms with van der Waals surface area (Å²) in [4.78, 5) is 38.6. The van der Waals surface area contributed by atoms with Crippen molar-refractivity contribution in [1.29, 1.82) is 0 Å². The van der Waals surface area contributed by atoms with E-state index in [1.165, 1.54) is 6.92 Å². The number of hydrogen-bond acceptors (Lipinski definition) is 6. The number of allylic oxidation sites excluding steroid dienone is 1. The number of fused-ring (bicyclic) bond motifs is 5. The molecule has 0 aromatic heterocycles. The quantitative estimate of drug-likeness (QED) is 0.369. The number of Topliss-reactive ketones (excluding diaryl/α,β-unsaturated/α-hetero) is 2. The SMILES string of the molecule is CC(=O)O[C@@H](C[C@@H](C)C1=C2C[C@H](O)[C@H]3[C@@]4(C)CCC(=O)C(C)(C)[C@H]4CC[C@]3(C)[C@@]2(C)CC1=O)[C@H]1OC1(C)C. The Labute approximate surface area is 228 Å². The van der Waals surface area contributed by atoms with Crippen molar-refractivity contribution in [2.45, 2.75) is 131 Å². The van der Waals surface area contributed by atoms with Gasteiger partial charge in [-0.2, -0.15) is 0 Å². The first-order chi connectivity index (χ1) is 17.4. The minimum absolute atomic E-state index is 0.0341. The van der Waals surface area contributed by atoms with Crippen LogP contribution in [-0.2, 0) is 23.9 Å². The van der Waals surface area contributed by atoms with E-state index in [1.807, 2.05) is 13.8 Å². The maximum atomic E-state index is 13.8. The minimum Gasteiger partial charge on any atom is -0.460 e.